The van der Waals surface area contributed by atoms with Gasteiger partial charge < -0.3 is 10.0 Å². The zero-order valence-electron chi connectivity index (χ0n) is 17.3. The number of nitrogens with zero attached hydrogens (tertiary/aromatic N) is 2. The second-order valence-corrected chi connectivity index (χ2v) is 8.73. The largest absolute Gasteiger partial charge is 0.507 e. The summed E-state index contributed by atoms with van der Waals surface area (Å²) in [5, 5.41) is 11.4. The molecule has 31 heavy (non-hydrogen) atoms. The molecule has 0 aromatic heterocycles. The van der Waals surface area contributed by atoms with Crippen LogP contribution in [0.2, 0.25) is 10.0 Å². The van der Waals surface area contributed by atoms with Crippen LogP contribution in [-0.2, 0) is 0 Å². The monoisotopic (exact) mass is 454 g/mol. The van der Waals surface area contributed by atoms with Crippen molar-refractivity contribution in [2.45, 2.75) is 13.0 Å². The fourth-order valence-electron chi connectivity index (χ4n) is 4.08. The molecule has 0 radical (unpaired) electrons. The van der Waals surface area contributed by atoms with Gasteiger partial charge in [0, 0.05) is 24.7 Å². The summed E-state index contributed by atoms with van der Waals surface area (Å²) >= 11 is 12.7. The molecule has 1 heterocycles. The smallest absolute Gasteiger partial charge is 0.180 e. The molecule has 1 aliphatic rings. The third kappa shape index (κ3) is 4.87. The number of halogens is 2. The minimum absolute atomic E-state index is 0.0170. The number of aromatic hydroxyl groups is 1. The fraction of sp³-hybridized carbons (Fsp3) is 0.240. The van der Waals surface area contributed by atoms with Crippen LogP contribution in [0.3, 0.4) is 0 Å². The lowest BCUT2D eigenvalue weighted by Crippen LogP contribution is -2.50. The van der Waals surface area contributed by atoms with Crippen molar-refractivity contribution in [1.82, 2.24) is 4.90 Å². The summed E-state index contributed by atoms with van der Waals surface area (Å²) in [6.07, 6.45) is 0. The number of piperazine rings is 1. The SMILES string of the molecule is Cc1ccc(N2CCN(CC(=O)c3ccccc3O)C[C@H]2c2ccc(Cl)cc2)c(Cl)c1. The maximum atomic E-state index is 12.8. The van der Waals surface area contributed by atoms with Gasteiger partial charge in [0.05, 0.1) is 28.9 Å². The number of aryl methyl sites for hydroxylation is 1. The molecule has 0 aliphatic carbocycles. The van der Waals surface area contributed by atoms with Gasteiger partial charge in [-0.2, -0.15) is 0 Å². The van der Waals surface area contributed by atoms with E-state index in [-0.39, 0.29) is 24.1 Å². The molecule has 4 nitrogen and oxygen atoms in total. The Morgan fingerprint density at radius 3 is 2.48 bits per heavy atom. The van der Waals surface area contributed by atoms with Crippen LogP contribution in [0.4, 0.5) is 5.69 Å². The molecule has 0 unspecified atom stereocenters. The number of phenols is 1. The van der Waals surface area contributed by atoms with E-state index in [9.17, 15) is 9.90 Å². The van der Waals surface area contributed by atoms with Crippen LogP contribution >= 0.6 is 23.2 Å². The molecule has 3 aromatic rings. The zero-order chi connectivity index (χ0) is 22.0. The second-order valence-electron chi connectivity index (χ2n) is 7.89. The average molecular weight is 455 g/mol. The Morgan fingerprint density at radius 1 is 1.03 bits per heavy atom. The molecule has 3 aromatic carbocycles. The Balaban J connectivity index is 1.60. The summed E-state index contributed by atoms with van der Waals surface area (Å²) in [6, 6.07) is 20.6. The number of rotatable bonds is 5. The predicted octanol–water partition coefficient (Wildman–Crippen LogP) is 5.75. The van der Waals surface area contributed by atoms with Crippen LogP contribution < -0.4 is 4.90 Å². The average Bonchev–Trinajstić information content (AvgIpc) is 2.75. The summed E-state index contributed by atoms with van der Waals surface area (Å²) in [4.78, 5) is 17.2. The van der Waals surface area contributed by atoms with Gasteiger partial charge in [-0.3, -0.25) is 9.69 Å². The van der Waals surface area contributed by atoms with E-state index in [4.69, 9.17) is 23.2 Å². The summed E-state index contributed by atoms with van der Waals surface area (Å²) in [7, 11) is 0. The van der Waals surface area contributed by atoms with Gasteiger partial charge in [0.2, 0.25) is 0 Å². The number of carbonyl (C=O) groups excluding carboxylic acids is 1. The molecular weight excluding hydrogens is 431 g/mol. The summed E-state index contributed by atoms with van der Waals surface area (Å²) in [5.41, 5.74) is 3.57. The molecule has 1 aliphatic heterocycles. The van der Waals surface area contributed by atoms with Crippen molar-refractivity contribution in [3.63, 3.8) is 0 Å². The number of anilines is 1. The van der Waals surface area contributed by atoms with Crippen molar-refractivity contribution in [3.05, 3.63) is 93.5 Å². The van der Waals surface area contributed by atoms with Gasteiger partial charge in [-0.05, 0) is 54.4 Å². The highest BCUT2D eigenvalue weighted by atomic mass is 35.5. The van der Waals surface area contributed by atoms with E-state index in [0.717, 1.165) is 28.4 Å². The van der Waals surface area contributed by atoms with Gasteiger partial charge >= 0.3 is 0 Å². The van der Waals surface area contributed by atoms with E-state index in [1.807, 2.05) is 37.3 Å². The summed E-state index contributed by atoms with van der Waals surface area (Å²) in [6.45, 7) is 4.37. The second kappa shape index (κ2) is 9.31. The quantitative estimate of drug-likeness (QED) is 0.498. The van der Waals surface area contributed by atoms with E-state index in [2.05, 4.69) is 21.9 Å². The third-order valence-corrected chi connectivity index (χ3v) is 6.26. The molecule has 4 rings (SSSR count). The number of carbonyl (C=O) groups is 1. The number of para-hydroxylation sites is 1. The lowest BCUT2D eigenvalue weighted by atomic mass is 10.00. The Kier molecular flexibility index (Phi) is 6.51. The van der Waals surface area contributed by atoms with Crippen molar-refractivity contribution < 1.29 is 9.90 Å². The molecule has 0 saturated carbocycles. The van der Waals surface area contributed by atoms with Gasteiger partial charge in [-0.25, -0.2) is 0 Å². The van der Waals surface area contributed by atoms with Crippen LogP contribution in [-0.4, -0.2) is 42.0 Å². The van der Waals surface area contributed by atoms with E-state index in [1.54, 1.807) is 24.3 Å². The van der Waals surface area contributed by atoms with Crippen LogP contribution in [0.25, 0.3) is 0 Å². The van der Waals surface area contributed by atoms with Crippen molar-refractivity contribution >= 4 is 34.7 Å². The van der Waals surface area contributed by atoms with E-state index < -0.39 is 0 Å². The first-order valence-electron chi connectivity index (χ1n) is 10.2. The van der Waals surface area contributed by atoms with Crippen molar-refractivity contribution in [3.8, 4) is 5.75 Å². The number of hydrogen-bond acceptors (Lipinski definition) is 4. The highest BCUT2D eigenvalue weighted by molar-refractivity contribution is 6.33. The third-order valence-electron chi connectivity index (χ3n) is 5.70. The Bertz CT molecular complexity index is 1090. The number of Topliss-reactive ketones (excluding diaryl/α,β-unsaturated/α-hetero) is 1. The van der Waals surface area contributed by atoms with Crippen LogP contribution in [0.1, 0.15) is 27.5 Å². The van der Waals surface area contributed by atoms with E-state index in [1.165, 1.54) is 0 Å². The van der Waals surface area contributed by atoms with Gasteiger partial charge in [0.1, 0.15) is 5.75 Å². The Morgan fingerprint density at radius 2 is 1.77 bits per heavy atom. The number of phenolic OH excluding ortho intramolecular Hbond substituents is 1. The zero-order valence-corrected chi connectivity index (χ0v) is 18.8. The molecule has 1 N–H and O–H groups in total. The molecule has 0 amide bonds. The Labute approximate surface area is 192 Å². The fourth-order valence-corrected chi connectivity index (χ4v) is 4.55. The molecule has 0 bridgehead atoms. The molecule has 1 saturated heterocycles. The highest BCUT2D eigenvalue weighted by Crippen LogP contribution is 2.36. The summed E-state index contributed by atoms with van der Waals surface area (Å²) in [5.74, 6) is -0.0680. The van der Waals surface area contributed by atoms with Gasteiger partial charge in [0.15, 0.2) is 5.78 Å². The van der Waals surface area contributed by atoms with Crippen molar-refractivity contribution in [2.24, 2.45) is 0 Å². The predicted molar refractivity (Wildman–Crippen MR) is 127 cm³/mol. The van der Waals surface area contributed by atoms with Crippen molar-refractivity contribution in [1.29, 1.82) is 0 Å². The van der Waals surface area contributed by atoms with Gasteiger partial charge in [-0.1, -0.05) is 53.5 Å². The number of benzene rings is 3. The van der Waals surface area contributed by atoms with Crippen LogP contribution in [0, 0.1) is 6.92 Å². The van der Waals surface area contributed by atoms with Crippen LogP contribution in [0.5, 0.6) is 5.75 Å². The lowest BCUT2D eigenvalue weighted by molar-refractivity contribution is 0.0912. The molecule has 1 atom stereocenters. The Hall–Kier alpha value is -2.53. The maximum Gasteiger partial charge on any atom is 0.180 e. The molecule has 0 spiro atoms. The van der Waals surface area contributed by atoms with E-state index >= 15 is 0 Å². The molecule has 6 heteroatoms. The van der Waals surface area contributed by atoms with Crippen LogP contribution in [0.15, 0.2) is 66.7 Å². The lowest BCUT2D eigenvalue weighted by Gasteiger charge is -2.43. The minimum atomic E-state index is -0.0882. The van der Waals surface area contributed by atoms with Gasteiger partial charge in [0.25, 0.3) is 0 Å². The first-order chi connectivity index (χ1) is 14.9. The summed E-state index contributed by atoms with van der Waals surface area (Å²) < 4.78 is 0. The topological polar surface area (TPSA) is 43.8 Å². The highest BCUT2D eigenvalue weighted by Gasteiger charge is 2.31. The first kappa shape index (κ1) is 21.7. The molecular formula is C25H24Cl2N2O2. The van der Waals surface area contributed by atoms with Gasteiger partial charge in [-0.15, -0.1) is 0 Å². The number of ketones is 1. The van der Waals surface area contributed by atoms with Crippen molar-refractivity contribution in [2.75, 3.05) is 31.1 Å². The number of hydrogen-bond donors (Lipinski definition) is 1. The first-order valence-corrected chi connectivity index (χ1v) is 11.0. The molecule has 160 valence electrons. The maximum absolute atomic E-state index is 12.8. The minimum Gasteiger partial charge on any atom is -0.507 e. The normalized spacial score (nSPS) is 17.0. The molecule has 1 fully saturated rings. The standard InChI is InChI=1S/C25H24Cl2N2O2/c1-17-6-11-22(21(27)14-17)29-13-12-28(15-23(29)18-7-9-19(26)10-8-18)16-25(31)20-4-2-3-5-24(20)30/h2-11,14,23,30H,12-13,15-16H2,1H3/t23-/m0/s1. The van der Waals surface area contributed by atoms with E-state index in [0.29, 0.717) is 23.7 Å².